The summed E-state index contributed by atoms with van der Waals surface area (Å²) in [6.07, 6.45) is 7.80. The summed E-state index contributed by atoms with van der Waals surface area (Å²) in [6.45, 7) is 5.59. The van der Waals surface area contributed by atoms with Crippen LogP contribution in [0.4, 0.5) is 0 Å². The van der Waals surface area contributed by atoms with Crippen LogP contribution in [0.15, 0.2) is 12.4 Å². The molecule has 0 radical (unpaired) electrons. The first-order valence-electron chi connectivity index (χ1n) is 6.43. The molecule has 1 aromatic heterocycles. The van der Waals surface area contributed by atoms with Crippen molar-refractivity contribution in [2.75, 3.05) is 7.05 Å². The lowest BCUT2D eigenvalue weighted by atomic mass is 9.92. The molecule has 0 saturated heterocycles. The maximum atomic E-state index is 4.48. The van der Waals surface area contributed by atoms with E-state index in [1.54, 1.807) is 0 Å². The van der Waals surface area contributed by atoms with Crippen molar-refractivity contribution < 1.29 is 0 Å². The lowest BCUT2D eigenvalue weighted by Gasteiger charge is -2.20. The van der Waals surface area contributed by atoms with Gasteiger partial charge < -0.3 is 9.88 Å². The molecule has 0 aliphatic heterocycles. The molecule has 3 atom stereocenters. The first kappa shape index (κ1) is 11.6. The van der Waals surface area contributed by atoms with Gasteiger partial charge in [-0.2, -0.15) is 0 Å². The Hall–Kier alpha value is -0.830. The van der Waals surface area contributed by atoms with Crippen molar-refractivity contribution in [3.63, 3.8) is 0 Å². The molecule has 0 bridgehead atoms. The van der Waals surface area contributed by atoms with Gasteiger partial charge in [-0.1, -0.05) is 6.92 Å². The summed E-state index contributed by atoms with van der Waals surface area (Å²) in [5.41, 5.74) is 0. The maximum Gasteiger partial charge on any atom is 0.108 e. The minimum atomic E-state index is 0.704. The number of rotatable bonds is 4. The number of nitrogens with zero attached hydrogens (tertiary/aromatic N) is 2. The smallest absolute Gasteiger partial charge is 0.108 e. The highest BCUT2D eigenvalue weighted by atomic mass is 15.1. The SMILES string of the molecule is CCn1ccnc1CC1CCC(NC)C1C. The largest absolute Gasteiger partial charge is 0.335 e. The van der Waals surface area contributed by atoms with E-state index in [4.69, 9.17) is 0 Å². The van der Waals surface area contributed by atoms with Gasteiger partial charge in [0.05, 0.1) is 0 Å². The molecule has 2 rings (SSSR count). The average molecular weight is 221 g/mol. The van der Waals surface area contributed by atoms with Gasteiger partial charge in [0.2, 0.25) is 0 Å². The van der Waals surface area contributed by atoms with E-state index >= 15 is 0 Å². The molecule has 3 unspecified atom stereocenters. The van der Waals surface area contributed by atoms with E-state index in [9.17, 15) is 0 Å². The number of imidazole rings is 1. The second-order valence-corrected chi connectivity index (χ2v) is 4.93. The summed E-state index contributed by atoms with van der Waals surface area (Å²) in [5, 5.41) is 3.42. The average Bonchev–Trinajstić information content (AvgIpc) is 2.87. The monoisotopic (exact) mass is 221 g/mol. The molecule has 1 aliphatic rings. The zero-order chi connectivity index (χ0) is 11.5. The molecular weight excluding hydrogens is 198 g/mol. The predicted molar refractivity (Wildman–Crippen MR) is 66.3 cm³/mol. The summed E-state index contributed by atoms with van der Waals surface area (Å²) in [7, 11) is 2.08. The normalized spacial score (nSPS) is 29.8. The van der Waals surface area contributed by atoms with E-state index in [0.29, 0.717) is 6.04 Å². The Bertz CT molecular complexity index is 332. The highest BCUT2D eigenvalue weighted by molar-refractivity contribution is 4.98. The van der Waals surface area contributed by atoms with E-state index in [-0.39, 0.29) is 0 Å². The lowest BCUT2D eigenvalue weighted by molar-refractivity contribution is 0.356. The van der Waals surface area contributed by atoms with Crippen molar-refractivity contribution in [1.29, 1.82) is 0 Å². The Balaban J connectivity index is 2.00. The van der Waals surface area contributed by atoms with E-state index in [2.05, 4.69) is 42.0 Å². The fraction of sp³-hybridized carbons (Fsp3) is 0.769. The van der Waals surface area contributed by atoms with E-state index in [1.165, 1.54) is 18.7 Å². The van der Waals surface area contributed by atoms with Gasteiger partial charge >= 0.3 is 0 Å². The van der Waals surface area contributed by atoms with Crippen LogP contribution in [-0.2, 0) is 13.0 Å². The van der Waals surface area contributed by atoms with Crippen molar-refractivity contribution in [3.05, 3.63) is 18.2 Å². The van der Waals surface area contributed by atoms with Crippen molar-refractivity contribution in [2.45, 2.75) is 45.7 Å². The number of nitrogens with one attached hydrogen (secondary N) is 1. The van der Waals surface area contributed by atoms with Gasteiger partial charge in [0, 0.05) is 31.4 Å². The van der Waals surface area contributed by atoms with Crippen LogP contribution in [0.3, 0.4) is 0 Å². The quantitative estimate of drug-likeness (QED) is 0.843. The zero-order valence-corrected chi connectivity index (χ0v) is 10.6. The lowest BCUT2D eigenvalue weighted by Crippen LogP contribution is -2.30. The van der Waals surface area contributed by atoms with Crippen LogP contribution in [0, 0.1) is 11.8 Å². The van der Waals surface area contributed by atoms with Gasteiger partial charge in [0.15, 0.2) is 0 Å². The van der Waals surface area contributed by atoms with Gasteiger partial charge in [0.1, 0.15) is 5.82 Å². The van der Waals surface area contributed by atoms with Crippen LogP contribution in [-0.4, -0.2) is 22.6 Å². The molecule has 1 saturated carbocycles. The predicted octanol–water partition coefficient (Wildman–Crippen LogP) is 2.08. The van der Waals surface area contributed by atoms with Crippen LogP contribution in [0.2, 0.25) is 0 Å². The second-order valence-electron chi connectivity index (χ2n) is 4.93. The Labute approximate surface area is 98.3 Å². The first-order valence-corrected chi connectivity index (χ1v) is 6.43. The van der Waals surface area contributed by atoms with Gasteiger partial charge in [-0.25, -0.2) is 4.98 Å². The van der Waals surface area contributed by atoms with Crippen LogP contribution in [0.1, 0.15) is 32.5 Å². The molecule has 0 amide bonds. The van der Waals surface area contributed by atoms with Crippen molar-refractivity contribution in [3.8, 4) is 0 Å². The van der Waals surface area contributed by atoms with Crippen LogP contribution >= 0.6 is 0 Å². The third-order valence-corrected chi connectivity index (χ3v) is 4.18. The summed E-state index contributed by atoms with van der Waals surface area (Å²) in [5.74, 6) is 2.83. The Morgan fingerprint density at radius 2 is 2.31 bits per heavy atom. The van der Waals surface area contributed by atoms with Gasteiger partial charge in [0.25, 0.3) is 0 Å². The van der Waals surface area contributed by atoms with Crippen LogP contribution in [0.25, 0.3) is 0 Å². The first-order chi connectivity index (χ1) is 7.76. The summed E-state index contributed by atoms with van der Waals surface area (Å²) < 4.78 is 2.26. The molecule has 0 spiro atoms. The minimum Gasteiger partial charge on any atom is -0.335 e. The molecule has 3 heteroatoms. The molecule has 16 heavy (non-hydrogen) atoms. The summed E-state index contributed by atoms with van der Waals surface area (Å²) >= 11 is 0. The van der Waals surface area contributed by atoms with Crippen LogP contribution < -0.4 is 5.32 Å². The van der Waals surface area contributed by atoms with Crippen molar-refractivity contribution in [1.82, 2.24) is 14.9 Å². The molecule has 1 aliphatic carbocycles. The van der Waals surface area contributed by atoms with Crippen LogP contribution in [0.5, 0.6) is 0 Å². The fourth-order valence-electron chi connectivity index (χ4n) is 3.00. The number of hydrogen-bond donors (Lipinski definition) is 1. The third-order valence-electron chi connectivity index (χ3n) is 4.18. The maximum absolute atomic E-state index is 4.48. The topological polar surface area (TPSA) is 29.9 Å². The molecule has 1 N–H and O–H groups in total. The molecule has 1 heterocycles. The van der Waals surface area contributed by atoms with Gasteiger partial charge in [-0.3, -0.25) is 0 Å². The highest BCUT2D eigenvalue weighted by Gasteiger charge is 2.32. The number of aryl methyl sites for hydroxylation is 1. The molecule has 1 aromatic rings. The fourth-order valence-corrected chi connectivity index (χ4v) is 3.00. The number of aromatic nitrogens is 2. The highest BCUT2D eigenvalue weighted by Crippen LogP contribution is 2.33. The van der Waals surface area contributed by atoms with E-state index in [1.807, 2.05) is 6.20 Å². The second kappa shape index (κ2) is 5.00. The van der Waals surface area contributed by atoms with E-state index < -0.39 is 0 Å². The van der Waals surface area contributed by atoms with Crippen molar-refractivity contribution >= 4 is 0 Å². The molecule has 90 valence electrons. The zero-order valence-electron chi connectivity index (χ0n) is 10.6. The Morgan fingerprint density at radius 1 is 1.50 bits per heavy atom. The molecule has 3 nitrogen and oxygen atoms in total. The number of hydrogen-bond acceptors (Lipinski definition) is 2. The Kier molecular flexibility index (Phi) is 3.64. The Morgan fingerprint density at radius 3 is 2.94 bits per heavy atom. The molecule has 0 aromatic carbocycles. The molecular formula is C13H23N3. The van der Waals surface area contributed by atoms with Gasteiger partial charge in [-0.05, 0) is 38.6 Å². The van der Waals surface area contributed by atoms with Crippen molar-refractivity contribution in [2.24, 2.45) is 11.8 Å². The minimum absolute atomic E-state index is 0.704. The van der Waals surface area contributed by atoms with Gasteiger partial charge in [-0.15, -0.1) is 0 Å². The molecule has 1 fully saturated rings. The summed E-state index contributed by atoms with van der Waals surface area (Å²) in [4.78, 5) is 4.48. The standard InChI is InChI=1S/C13H23N3/c1-4-16-8-7-15-13(16)9-11-5-6-12(14-3)10(11)2/h7-8,10-12,14H,4-6,9H2,1-3H3. The third kappa shape index (κ3) is 2.14. The summed E-state index contributed by atoms with van der Waals surface area (Å²) in [6, 6.07) is 0.704. The van der Waals surface area contributed by atoms with E-state index in [0.717, 1.165) is 24.8 Å².